The molecular weight excluding hydrogens is 392 g/mol. The molecule has 0 amide bonds. The van der Waals surface area contributed by atoms with Gasteiger partial charge in [0, 0.05) is 16.2 Å². The van der Waals surface area contributed by atoms with Crippen molar-refractivity contribution in [3.63, 3.8) is 0 Å². The van der Waals surface area contributed by atoms with Gasteiger partial charge >= 0.3 is 0 Å². The van der Waals surface area contributed by atoms with Crippen molar-refractivity contribution in [2.24, 2.45) is 11.7 Å². The minimum Gasteiger partial charge on any atom is -0.314 e. The number of sulfone groups is 1. The molecule has 0 spiro atoms. The van der Waals surface area contributed by atoms with Gasteiger partial charge < -0.3 is 5.73 Å². The zero-order valence-electron chi connectivity index (χ0n) is 12.5. The lowest BCUT2D eigenvalue weighted by Crippen LogP contribution is -2.73. The fourth-order valence-electron chi connectivity index (χ4n) is 3.54. The first kappa shape index (κ1) is 17.2. The number of aromatic nitrogens is 1. The Hall–Kier alpha value is -0.640. The van der Waals surface area contributed by atoms with Crippen molar-refractivity contribution in [1.29, 1.82) is 0 Å². The third-order valence-corrected chi connectivity index (χ3v) is 8.18. The molecule has 1 unspecified atom stereocenters. The number of pyridine rings is 1. The molecular formula is C14H18BrF2N3O2S. The van der Waals surface area contributed by atoms with Crippen LogP contribution in [0.15, 0.2) is 16.7 Å². The quantitative estimate of drug-likeness (QED) is 0.740. The third kappa shape index (κ3) is 2.52. The van der Waals surface area contributed by atoms with Gasteiger partial charge in [0.15, 0.2) is 9.84 Å². The molecule has 5 nitrogen and oxygen atoms in total. The Labute approximate surface area is 142 Å². The minimum absolute atomic E-state index is 0.0918. The Balaban J connectivity index is 2.08. The van der Waals surface area contributed by atoms with Crippen LogP contribution in [0.5, 0.6) is 0 Å². The Bertz CT molecular complexity index is 744. The highest BCUT2D eigenvalue weighted by molar-refractivity contribution is 9.10. The van der Waals surface area contributed by atoms with E-state index in [0.29, 0.717) is 17.3 Å². The van der Waals surface area contributed by atoms with Crippen LogP contribution in [0.2, 0.25) is 0 Å². The first-order valence-corrected chi connectivity index (χ1v) is 9.74. The Kier molecular flexibility index (Phi) is 4.06. The number of nitrogens with two attached hydrogens (primary N) is 1. The number of hydrogen-bond acceptors (Lipinski definition) is 5. The lowest BCUT2D eigenvalue weighted by molar-refractivity contribution is 0.206. The molecule has 2 heterocycles. The maximum absolute atomic E-state index is 14.1. The normalized spacial score (nSPS) is 36.8. The summed E-state index contributed by atoms with van der Waals surface area (Å²) in [5, 5.41) is 2.95. The lowest BCUT2D eigenvalue weighted by atomic mass is 9.91. The molecule has 1 aliphatic carbocycles. The van der Waals surface area contributed by atoms with Gasteiger partial charge in [0.1, 0.15) is 11.4 Å². The molecule has 9 heteroatoms. The number of rotatable bonds is 3. The molecule has 2 fully saturated rings. The zero-order chi connectivity index (χ0) is 17.0. The third-order valence-electron chi connectivity index (χ3n) is 4.94. The SMILES string of the molecule is C[C@@]1(c2cc(Br)cnc2F)CS(=O)(=O)[C@@](CF)(C2CC2)C(N)N1. The fraction of sp³-hybridized carbons (Fsp3) is 0.643. The molecule has 2 aliphatic rings. The molecule has 0 bridgehead atoms. The summed E-state index contributed by atoms with van der Waals surface area (Å²) in [6, 6.07) is 1.47. The monoisotopic (exact) mass is 409 g/mol. The number of alkyl halides is 1. The Morgan fingerprint density at radius 1 is 1.52 bits per heavy atom. The summed E-state index contributed by atoms with van der Waals surface area (Å²) in [7, 11) is -3.88. The maximum atomic E-state index is 14.1. The van der Waals surface area contributed by atoms with Crippen molar-refractivity contribution in [2.45, 2.75) is 36.2 Å². The number of nitrogens with one attached hydrogen (secondary N) is 1. The molecule has 1 saturated carbocycles. The molecule has 3 N–H and O–H groups in total. The Morgan fingerprint density at radius 2 is 2.17 bits per heavy atom. The summed E-state index contributed by atoms with van der Waals surface area (Å²) in [5.41, 5.74) is 4.88. The van der Waals surface area contributed by atoms with E-state index < -0.39 is 44.7 Å². The van der Waals surface area contributed by atoms with E-state index in [9.17, 15) is 17.2 Å². The van der Waals surface area contributed by atoms with Crippen LogP contribution in [0.25, 0.3) is 0 Å². The summed E-state index contributed by atoms with van der Waals surface area (Å²) in [4.78, 5) is 3.61. The van der Waals surface area contributed by atoms with E-state index >= 15 is 0 Å². The predicted octanol–water partition coefficient (Wildman–Crippen LogP) is 1.62. The van der Waals surface area contributed by atoms with E-state index in [-0.39, 0.29) is 11.5 Å². The average Bonchev–Trinajstić information content (AvgIpc) is 3.25. The van der Waals surface area contributed by atoms with Gasteiger partial charge in [-0.25, -0.2) is 17.8 Å². The van der Waals surface area contributed by atoms with Crippen LogP contribution in [-0.2, 0) is 15.4 Å². The molecule has 1 aliphatic heterocycles. The van der Waals surface area contributed by atoms with Crippen LogP contribution < -0.4 is 11.1 Å². The van der Waals surface area contributed by atoms with Gasteiger partial charge in [0.25, 0.3) is 0 Å². The number of hydrogen-bond donors (Lipinski definition) is 2. The van der Waals surface area contributed by atoms with Crippen molar-refractivity contribution in [3.8, 4) is 0 Å². The van der Waals surface area contributed by atoms with Gasteiger partial charge in [-0.15, -0.1) is 0 Å². The molecule has 1 saturated heterocycles. The van der Waals surface area contributed by atoms with Crippen LogP contribution in [0, 0.1) is 11.9 Å². The topological polar surface area (TPSA) is 85.1 Å². The van der Waals surface area contributed by atoms with E-state index in [1.807, 2.05) is 0 Å². The molecule has 0 aromatic carbocycles. The van der Waals surface area contributed by atoms with Crippen molar-refractivity contribution >= 4 is 25.8 Å². The summed E-state index contributed by atoms with van der Waals surface area (Å²) in [6.07, 6.45) is 1.46. The number of halogens is 3. The van der Waals surface area contributed by atoms with Gasteiger partial charge in [0.05, 0.1) is 17.5 Å². The van der Waals surface area contributed by atoms with Crippen molar-refractivity contribution in [2.75, 3.05) is 12.4 Å². The van der Waals surface area contributed by atoms with E-state index in [1.54, 1.807) is 6.92 Å². The maximum Gasteiger partial charge on any atom is 0.218 e. The molecule has 23 heavy (non-hydrogen) atoms. The van der Waals surface area contributed by atoms with E-state index in [4.69, 9.17) is 5.73 Å². The van der Waals surface area contributed by atoms with Gasteiger partial charge in [-0.3, -0.25) is 5.32 Å². The fourth-order valence-corrected chi connectivity index (χ4v) is 6.49. The standard InChI is InChI=1S/C14H18BrF2N3O2S/c1-13(10-4-9(15)5-19-11(10)17)7-23(21,22)14(6-16,8-2-3-8)12(18)20-13/h4-5,8,12,20H,2-3,6-7,18H2,1H3/t12?,13-,14-/m0/s1. The summed E-state index contributed by atoms with van der Waals surface area (Å²) in [5.74, 6) is -1.48. The van der Waals surface area contributed by atoms with Crippen LogP contribution in [0.1, 0.15) is 25.3 Å². The van der Waals surface area contributed by atoms with Crippen molar-refractivity contribution in [1.82, 2.24) is 10.3 Å². The molecule has 1 aromatic rings. The highest BCUT2D eigenvalue weighted by Crippen LogP contribution is 2.50. The molecule has 3 atom stereocenters. The van der Waals surface area contributed by atoms with Crippen LogP contribution in [0.4, 0.5) is 8.78 Å². The zero-order valence-corrected chi connectivity index (χ0v) is 14.9. The highest BCUT2D eigenvalue weighted by Gasteiger charge is 2.63. The van der Waals surface area contributed by atoms with Crippen LogP contribution in [-0.4, -0.2) is 36.7 Å². The first-order chi connectivity index (χ1) is 10.7. The van der Waals surface area contributed by atoms with Gasteiger partial charge in [-0.1, -0.05) is 0 Å². The summed E-state index contributed by atoms with van der Waals surface area (Å²) >= 11 is 3.20. The van der Waals surface area contributed by atoms with Crippen molar-refractivity contribution in [3.05, 3.63) is 28.2 Å². The average molecular weight is 410 g/mol. The van der Waals surface area contributed by atoms with Gasteiger partial charge in [-0.05, 0) is 47.7 Å². The van der Waals surface area contributed by atoms with Gasteiger partial charge in [-0.2, -0.15) is 4.39 Å². The second kappa shape index (κ2) is 5.44. The van der Waals surface area contributed by atoms with E-state index in [0.717, 1.165) is 0 Å². The van der Waals surface area contributed by atoms with E-state index in [2.05, 4.69) is 26.2 Å². The van der Waals surface area contributed by atoms with Crippen LogP contribution in [0.3, 0.4) is 0 Å². The molecule has 0 radical (unpaired) electrons. The first-order valence-electron chi connectivity index (χ1n) is 7.29. The second-order valence-corrected chi connectivity index (χ2v) is 9.76. The lowest BCUT2D eigenvalue weighted by Gasteiger charge is -2.48. The summed E-state index contributed by atoms with van der Waals surface area (Å²) in [6.45, 7) is 0.509. The molecule has 1 aromatic heterocycles. The highest BCUT2D eigenvalue weighted by atomic mass is 79.9. The predicted molar refractivity (Wildman–Crippen MR) is 85.6 cm³/mol. The number of nitrogens with zero attached hydrogens (tertiary/aromatic N) is 1. The smallest absolute Gasteiger partial charge is 0.218 e. The molecule has 3 rings (SSSR count). The minimum atomic E-state index is -3.88. The largest absolute Gasteiger partial charge is 0.314 e. The summed E-state index contributed by atoms with van der Waals surface area (Å²) < 4.78 is 52.6. The van der Waals surface area contributed by atoms with Gasteiger partial charge in [0.2, 0.25) is 5.95 Å². The second-order valence-electron chi connectivity index (χ2n) is 6.57. The Morgan fingerprint density at radius 3 is 2.70 bits per heavy atom. The molecule has 128 valence electrons. The van der Waals surface area contributed by atoms with E-state index in [1.165, 1.54) is 12.3 Å². The van der Waals surface area contributed by atoms with Crippen molar-refractivity contribution < 1.29 is 17.2 Å². The van der Waals surface area contributed by atoms with Crippen LogP contribution >= 0.6 is 15.9 Å².